The highest BCUT2D eigenvalue weighted by Crippen LogP contribution is 2.17. The third-order valence-corrected chi connectivity index (χ3v) is 2.15. The molecule has 2 N–H and O–H groups in total. The maximum absolute atomic E-state index is 11.5. The zero-order chi connectivity index (χ0) is 15.0. The molecule has 0 spiro atoms. The van der Waals surface area contributed by atoms with E-state index in [9.17, 15) is 4.79 Å². The lowest BCUT2D eigenvalue weighted by molar-refractivity contribution is 0.0497. The molecule has 1 aromatic carbocycles. The van der Waals surface area contributed by atoms with Crippen LogP contribution in [-0.2, 0) is 11.3 Å². The van der Waals surface area contributed by atoms with Gasteiger partial charge in [-0.25, -0.2) is 10.2 Å². The van der Waals surface area contributed by atoms with E-state index in [-0.39, 0.29) is 6.61 Å². The summed E-state index contributed by atoms with van der Waals surface area (Å²) in [5.74, 6) is 3.10. The van der Waals surface area contributed by atoms with Crippen LogP contribution in [0, 0.1) is 12.3 Å². The summed E-state index contributed by atoms with van der Waals surface area (Å²) in [4.78, 5) is 11.5. The topological polar surface area (TPSA) is 59.6 Å². The molecule has 0 fully saturated rings. The van der Waals surface area contributed by atoms with Crippen LogP contribution in [0.15, 0.2) is 24.3 Å². The average Bonchev–Trinajstić information content (AvgIpc) is 2.35. The number of carbonyl (C=O) groups excluding carboxylic acids is 1. The molecule has 5 nitrogen and oxygen atoms in total. The van der Waals surface area contributed by atoms with E-state index in [1.807, 2.05) is 24.3 Å². The fourth-order valence-corrected chi connectivity index (χ4v) is 1.43. The summed E-state index contributed by atoms with van der Waals surface area (Å²) in [7, 11) is 0. The molecule has 0 aliphatic carbocycles. The average molecular weight is 276 g/mol. The van der Waals surface area contributed by atoms with Crippen LogP contribution >= 0.6 is 0 Å². The molecule has 0 radical (unpaired) electrons. The largest absolute Gasteiger partial charge is 0.481 e. The SMILES string of the molecule is C#CCOc1ccccc1CNNC(=O)OC(C)(C)C. The molecule has 0 aliphatic heterocycles. The Kier molecular flexibility index (Phi) is 5.88. The monoisotopic (exact) mass is 276 g/mol. The molecule has 1 rings (SSSR count). The van der Waals surface area contributed by atoms with Gasteiger partial charge in [0, 0.05) is 12.1 Å². The number of hydrogen-bond donors (Lipinski definition) is 2. The summed E-state index contributed by atoms with van der Waals surface area (Å²) in [5, 5.41) is 0. The van der Waals surface area contributed by atoms with Crippen LogP contribution in [0.2, 0.25) is 0 Å². The van der Waals surface area contributed by atoms with Crippen molar-refractivity contribution in [2.45, 2.75) is 32.9 Å². The number of hydrogen-bond acceptors (Lipinski definition) is 4. The van der Waals surface area contributed by atoms with Crippen LogP contribution in [0.5, 0.6) is 5.75 Å². The van der Waals surface area contributed by atoms with Crippen LogP contribution in [0.1, 0.15) is 26.3 Å². The van der Waals surface area contributed by atoms with E-state index in [4.69, 9.17) is 15.9 Å². The van der Waals surface area contributed by atoms with Gasteiger partial charge in [0.05, 0.1) is 0 Å². The Bertz CT molecular complexity index is 487. The van der Waals surface area contributed by atoms with Gasteiger partial charge in [-0.1, -0.05) is 24.1 Å². The molecule has 0 saturated carbocycles. The highest BCUT2D eigenvalue weighted by atomic mass is 16.6. The lowest BCUT2D eigenvalue weighted by atomic mass is 10.2. The third kappa shape index (κ3) is 6.12. The lowest BCUT2D eigenvalue weighted by Crippen LogP contribution is -2.40. The van der Waals surface area contributed by atoms with Gasteiger partial charge >= 0.3 is 6.09 Å². The first-order chi connectivity index (χ1) is 9.42. The van der Waals surface area contributed by atoms with Crippen LogP contribution < -0.4 is 15.6 Å². The van der Waals surface area contributed by atoms with Crippen molar-refractivity contribution < 1.29 is 14.3 Å². The second kappa shape index (κ2) is 7.41. The second-order valence-electron chi connectivity index (χ2n) is 5.08. The summed E-state index contributed by atoms with van der Waals surface area (Å²) in [6.07, 6.45) is 4.63. The minimum absolute atomic E-state index is 0.205. The Balaban J connectivity index is 2.46. The lowest BCUT2D eigenvalue weighted by Gasteiger charge is -2.20. The van der Waals surface area contributed by atoms with Gasteiger partial charge in [0.15, 0.2) is 0 Å². The molecule has 5 heteroatoms. The molecule has 0 bridgehead atoms. The molecule has 0 atom stereocenters. The van der Waals surface area contributed by atoms with E-state index in [0.717, 1.165) is 5.56 Å². The van der Waals surface area contributed by atoms with Gasteiger partial charge in [-0.15, -0.1) is 6.42 Å². The van der Waals surface area contributed by atoms with Gasteiger partial charge in [-0.3, -0.25) is 5.43 Å². The number of terminal acetylenes is 1. The number of hydrazine groups is 1. The fourth-order valence-electron chi connectivity index (χ4n) is 1.43. The molecule has 1 aromatic rings. The van der Waals surface area contributed by atoms with Crippen molar-refractivity contribution in [2.75, 3.05) is 6.61 Å². The number of carbonyl (C=O) groups is 1. The summed E-state index contributed by atoms with van der Waals surface area (Å²) in [5.41, 5.74) is 5.61. The molecule has 0 aliphatic rings. The minimum atomic E-state index is -0.528. The summed E-state index contributed by atoms with van der Waals surface area (Å²) in [6, 6.07) is 7.45. The van der Waals surface area contributed by atoms with E-state index in [1.54, 1.807) is 20.8 Å². The molecule has 0 aromatic heterocycles. The summed E-state index contributed by atoms with van der Waals surface area (Å²) >= 11 is 0. The summed E-state index contributed by atoms with van der Waals surface area (Å²) < 4.78 is 10.5. The highest BCUT2D eigenvalue weighted by Gasteiger charge is 2.15. The number of rotatable bonds is 5. The van der Waals surface area contributed by atoms with Crippen LogP contribution in [-0.4, -0.2) is 18.3 Å². The molecule has 1 amide bonds. The maximum atomic E-state index is 11.5. The van der Waals surface area contributed by atoms with E-state index >= 15 is 0 Å². The number of ether oxygens (including phenoxy) is 2. The van der Waals surface area contributed by atoms with Gasteiger partial charge in [0.1, 0.15) is 18.0 Å². The fraction of sp³-hybridized carbons (Fsp3) is 0.400. The predicted octanol–water partition coefficient (Wildman–Crippen LogP) is 2.23. The van der Waals surface area contributed by atoms with Gasteiger partial charge in [-0.05, 0) is 26.8 Å². The van der Waals surface area contributed by atoms with Crippen molar-refractivity contribution >= 4 is 6.09 Å². The molecule has 0 saturated heterocycles. The quantitative estimate of drug-likeness (QED) is 0.639. The van der Waals surface area contributed by atoms with Gasteiger partial charge in [-0.2, -0.15) is 0 Å². The van der Waals surface area contributed by atoms with E-state index in [0.29, 0.717) is 12.3 Å². The first-order valence-corrected chi connectivity index (χ1v) is 6.28. The molecule has 0 heterocycles. The van der Waals surface area contributed by atoms with Gasteiger partial charge in [0.2, 0.25) is 0 Å². The minimum Gasteiger partial charge on any atom is -0.481 e. The van der Waals surface area contributed by atoms with E-state index in [1.165, 1.54) is 0 Å². The third-order valence-electron chi connectivity index (χ3n) is 2.15. The zero-order valence-electron chi connectivity index (χ0n) is 12.0. The highest BCUT2D eigenvalue weighted by molar-refractivity contribution is 5.67. The normalized spacial score (nSPS) is 10.5. The number of para-hydroxylation sites is 1. The first kappa shape index (κ1) is 15.9. The molecular weight excluding hydrogens is 256 g/mol. The zero-order valence-corrected chi connectivity index (χ0v) is 12.0. The Morgan fingerprint density at radius 1 is 1.35 bits per heavy atom. The Morgan fingerprint density at radius 3 is 2.70 bits per heavy atom. The van der Waals surface area contributed by atoms with E-state index in [2.05, 4.69) is 16.8 Å². The molecular formula is C15H20N2O3. The maximum Gasteiger partial charge on any atom is 0.422 e. The molecule has 20 heavy (non-hydrogen) atoms. The van der Waals surface area contributed by atoms with Crippen molar-refractivity contribution in [3.63, 3.8) is 0 Å². The Morgan fingerprint density at radius 2 is 2.05 bits per heavy atom. The van der Waals surface area contributed by atoms with E-state index < -0.39 is 11.7 Å². The van der Waals surface area contributed by atoms with Crippen molar-refractivity contribution in [3.8, 4) is 18.1 Å². The number of benzene rings is 1. The van der Waals surface area contributed by atoms with Crippen molar-refractivity contribution in [1.29, 1.82) is 0 Å². The first-order valence-electron chi connectivity index (χ1n) is 6.28. The molecule has 108 valence electrons. The van der Waals surface area contributed by atoms with Crippen molar-refractivity contribution in [3.05, 3.63) is 29.8 Å². The van der Waals surface area contributed by atoms with Crippen LogP contribution in [0.3, 0.4) is 0 Å². The standard InChI is InChI=1S/C15H20N2O3/c1-5-10-19-13-9-7-6-8-12(13)11-16-17-14(18)20-15(2,3)4/h1,6-9,16H,10-11H2,2-4H3,(H,17,18). The smallest absolute Gasteiger partial charge is 0.422 e. The summed E-state index contributed by atoms with van der Waals surface area (Å²) in [6.45, 7) is 6.01. The van der Waals surface area contributed by atoms with Crippen molar-refractivity contribution in [2.24, 2.45) is 0 Å². The molecule has 0 unspecified atom stereocenters. The Hall–Kier alpha value is -2.19. The second-order valence-corrected chi connectivity index (χ2v) is 5.08. The van der Waals surface area contributed by atoms with Crippen molar-refractivity contribution in [1.82, 2.24) is 10.9 Å². The number of amides is 1. The van der Waals surface area contributed by atoms with Crippen LogP contribution in [0.4, 0.5) is 4.79 Å². The predicted molar refractivity (Wildman–Crippen MR) is 77.0 cm³/mol. The van der Waals surface area contributed by atoms with Gasteiger partial charge < -0.3 is 9.47 Å². The Labute approximate surface area is 119 Å². The number of nitrogens with one attached hydrogen (secondary N) is 2. The van der Waals surface area contributed by atoms with Crippen LogP contribution in [0.25, 0.3) is 0 Å². The van der Waals surface area contributed by atoms with Gasteiger partial charge in [0.25, 0.3) is 0 Å².